The lowest BCUT2D eigenvalue weighted by Crippen LogP contribution is -2.24. The second-order valence-electron chi connectivity index (χ2n) is 43.5. The van der Waals surface area contributed by atoms with Gasteiger partial charge < -0.3 is 14.7 Å². The average Bonchev–Trinajstić information content (AvgIpc) is 0.696. The Kier molecular flexibility index (Phi) is 21.1. The Balaban J connectivity index is 0.000000112. The normalized spacial score (nSPS) is 13.3. The summed E-state index contributed by atoms with van der Waals surface area (Å²) in [5.74, 6) is 0. The van der Waals surface area contributed by atoms with E-state index in [1.807, 2.05) is 0 Å². The highest BCUT2D eigenvalue weighted by Crippen LogP contribution is 2.60. The second-order valence-corrected chi connectivity index (χ2v) is 43.5. The highest BCUT2D eigenvalue weighted by atomic mass is 15.2. The molecule has 0 fully saturated rings. The van der Waals surface area contributed by atoms with E-state index in [1.165, 1.54) is 298 Å². The van der Waals surface area contributed by atoms with Crippen molar-refractivity contribution in [3.05, 3.63) is 508 Å². The zero-order chi connectivity index (χ0) is 100. The first kappa shape index (κ1) is 90.1. The van der Waals surface area contributed by atoms with Gasteiger partial charge in [-0.1, -0.05) is 380 Å². The molecule has 0 radical (unpaired) electrons. The largest absolute Gasteiger partial charge is 0.310 e. The first-order valence-electron chi connectivity index (χ1n) is 52.2. The van der Waals surface area contributed by atoms with Crippen molar-refractivity contribution in [3.63, 3.8) is 0 Å². The van der Waals surface area contributed by atoms with Crippen LogP contribution in [0, 0.1) is 62.3 Å². The van der Waals surface area contributed by atoms with Crippen molar-refractivity contribution in [2.24, 2.45) is 0 Å². The Labute approximate surface area is 862 Å². The van der Waals surface area contributed by atoms with Crippen LogP contribution in [0.5, 0.6) is 0 Å². The van der Waals surface area contributed by atoms with Crippen molar-refractivity contribution in [3.8, 4) is 77.9 Å². The van der Waals surface area contributed by atoms with Gasteiger partial charge in [0.05, 0.1) is 0 Å². The van der Waals surface area contributed by atoms with Gasteiger partial charge in [-0.25, -0.2) is 0 Å². The second kappa shape index (κ2) is 34.4. The highest BCUT2D eigenvalue weighted by Gasteiger charge is 2.41. The highest BCUT2D eigenvalue weighted by molar-refractivity contribution is 6.33. The molecule has 3 aliphatic carbocycles. The third kappa shape index (κ3) is 14.3. The molecule has 0 aliphatic heterocycles. The van der Waals surface area contributed by atoms with Crippen LogP contribution in [0.3, 0.4) is 0 Å². The van der Waals surface area contributed by atoms with Crippen LogP contribution < -0.4 is 14.7 Å². The number of hydrogen-bond acceptors (Lipinski definition) is 3. The fraction of sp³-hybridized carbons (Fsp3) is 0.125. The molecular formula is C144H115N3. The van der Waals surface area contributed by atoms with Crippen molar-refractivity contribution < 1.29 is 0 Å². The van der Waals surface area contributed by atoms with Crippen LogP contribution in [-0.4, -0.2) is 0 Å². The van der Waals surface area contributed by atoms with Crippen molar-refractivity contribution in [1.29, 1.82) is 0 Å². The van der Waals surface area contributed by atoms with Crippen LogP contribution in [0.25, 0.3) is 175 Å². The minimum Gasteiger partial charge on any atom is -0.310 e. The molecule has 25 aromatic carbocycles. The molecular weight excluding hydrogens is 1770 g/mol. The van der Waals surface area contributed by atoms with Gasteiger partial charge in [0.2, 0.25) is 0 Å². The topological polar surface area (TPSA) is 9.72 Å². The fourth-order valence-corrected chi connectivity index (χ4v) is 26.2. The van der Waals surface area contributed by atoms with Gasteiger partial charge in [-0.05, 0) is 407 Å². The number of fused-ring (bicyclic) bond motifs is 6. The molecule has 28 rings (SSSR count). The van der Waals surface area contributed by atoms with E-state index in [9.17, 15) is 0 Å². The summed E-state index contributed by atoms with van der Waals surface area (Å²) in [7, 11) is 0. The van der Waals surface area contributed by atoms with Gasteiger partial charge in [0.1, 0.15) is 0 Å². The molecule has 0 saturated carbocycles. The number of rotatable bonds is 13. The fourth-order valence-electron chi connectivity index (χ4n) is 26.2. The quantitative estimate of drug-likeness (QED) is 0.107. The van der Waals surface area contributed by atoms with E-state index in [0.717, 1.165) is 11.4 Å². The summed E-state index contributed by atoms with van der Waals surface area (Å²) in [5, 5.41) is 24.3. The van der Waals surface area contributed by atoms with Gasteiger partial charge in [-0.2, -0.15) is 0 Å². The van der Waals surface area contributed by atoms with E-state index in [-0.39, 0.29) is 16.2 Å². The number of nitrogens with zero attached hydrogens (tertiary/aromatic N) is 3. The Morgan fingerprint density at radius 3 is 0.830 bits per heavy atom. The Bertz CT molecular complexity index is 9500. The number of aryl methyl sites for hydroxylation is 9. The van der Waals surface area contributed by atoms with E-state index >= 15 is 0 Å². The Morgan fingerprint density at radius 1 is 0.156 bits per heavy atom. The number of benzene rings is 25. The Morgan fingerprint density at radius 2 is 0.449 bits per heavy atom. The molecule has 0 aromatic heterocycles. The molecule has 25 aromatic rings. The monoisotopic (exact) mass is 1890 g/mol. The van der Waals surface area contributed by atoms with Gasteiger partial charge >= 0.3 is 0 Å². The molecule has 0 amide bonds. The molecule has 3 heteroatoms. The van der Waals surface area contributed by atoms with Gasteiger partial charge in [-0.3, -0.25) is 0 Å². The maximum atomic E-state index is 2.47. The van der Waals surface area contributed by atoms with Gasteiger partial charge in [0.15, 0.2) is 0 Å². The van der Waals surface area contributed by atoms with Crippen LogP contribution in [0.2, 0.25) is 0 Å². The summed E-state index contributed by atoms with van der Waals surface area (Å²) in [6, 6.07) is 159. The molecule has 0 spiro atoms. The summed E-state index contributed by atoms with van der Waals surface area (Å²) >= 11 is 0. The molecule has 3 aliphatic rings. The maximum Gasteiger partial charge on any atom is 0.0491 e. The third-order valence-corrected chi connectivity index (χ3v) is 33.2. The smallest absolute Gasteiger partial charge is 0.0491 e. The standard InChI is InChI=1S/C53H43N.C46H37N.C45H35N/c1-32-12-26-48(34(3)28-32)54(49-27-13-33(2)29-35(49)4)41-21-24-43-45-30-40-19-22-42(38-16-14-37(15-17-38)36-10-8-7-9-11-36)44-23-18-39-20-25-46(52(45)51(39)50(40)44)53(5,6)47(43)31-41;1-28-24-29(2)42(30(3)25-28)37-21-17-32-26-39-36-22-19-35(47(33-12-8-6-9-13-33)34-14-10-7-11-15-34)27-41(36)46(4,5)40-23-18-31-16-20-38(37)43(32)44(31)45(39)40;1-28-12-8-10-16-40(28)46(41-17-11-9-13-29(41)2)33-21-24-35-37-26-32-19-22-34(30-14-6-5-7-15-30)36-23-18-31-20-25-38(44(37)43(31)42(32)36)45(3,4)39(35)27-33/h7-31H,1-6H3;6-27H,1-5H3;5-27H,1-4H3. The number of hydrogen-bond donors (Lipinski definition) is 0. The lowest BCUT2D eigenvalue weighted by molar-refractivity contribution is 0.645. The van der Waals surface area contributed by atoms with Crippen LogP contribution in [-0.2, 0) is 16.2 Å². The zero-order valence-electron chi connectivity index (χ0n) is 86.3. The summed E-state index contributed by atoms with van der Waals surface area (Å²) in [5.41, 5.74) is 48.3. The molecule has 0 unspecified atom stereocenters. The molecule has 147 heavy (non-hydrogen) atoms. The van der Waals surface area contributed by atoms with Crippen LogP contribution in [0.15, 0.2) is 425 Å². The lowest BCUT2D eigenvalue weighted by atomic mass is 9.67. The molecule has 0 N–H and O–H groups in total. The molecule has 0 bridgehead atoms. The van der Waals surface area contributed by atoms with Crippen molar-refractivity contribution in [2.75, 3.05) is 14.7 Å². The lowest BCUT2D eigenvalue weighted by Gasteiger charge is -2.37. The summed E-state index contributed by atoms with van der Waals surface area (Å²) in [6.45, 7) is 34.4. The minimum absolute atomic E-state index is 0.188. The average molecular weight is 1890 g/mol. The third-order valence-electron chi connectivity index (χ3n) is 33.2. The first-order chi connectivity index (χ1) is 71.4. The van der Waals surface area contributed by atoms with E-state index in [1.54, 1.807) is 0 Å². The van der Waals surface area contributed by atoms with Crippen molar-refractivity contribution >= 4 is 148 Å². The van der Waals surface area contributed by atoms with Crippen LogP contribution >= 0.6 is 0 Å². The summed E-state index contributed by atoms with van der Waals surface area (Å²) in [4.78, 5) is 7.28. The van der Waals surface area contributed by atoms with Crippen molar-refractivity contribution in [2.45, 2.75) is 120 Å². The van der Waals surface area contributed by atoms with E-state index in [4.69, 9.17) is 0 Å². The van der Waals surface area contributed by atoms with Gasteiger partial charge in [0, 0.05) is 67.4 Å². The SMILES string of the molecule is Cc1cc(C)c(-c2ccc3cc4c5c(ccc6ccc2c3c65)C(C)(C)c2cc(N(c3ccccc3)c3ccccc3)ccc2-4)c(C)c1.Cc1ccc(N(c2ccc3c(c2)C(C)(C)c2ccc4ccc5c(-c6ccc(-c7ccccc7)cc6)ccc6cc-3c2c4c65)c2ccc(C)cc2C)c(C)c1.Cc1ccccc1N(c1ccc2c(c1)C(C)(C)c1ccc3ccc4c(-c5ccccc5)ccc5cc-2c1c3c54)c1ccccc1C. The molecule has 0 atom stereocenters. The van der Waals surface area contributed by atoms with Crippen LogP contribution in [0.4, 0.5) is 51.2 Å². The molecule has 0 heterocycles. The molecule has 0 saturated heterocycles. The molecule has 3 nitrogen and oxygen atoms in total. The number of para-hydroxylation sites is 4. The first-order valence-corrected chi connectivity index (χ1v) is 52.2. The predicted octanol–water partition coefficient (Wildman–Crippen LogP) is 40.5. The van der Waals surface area contributed by atoms with Crippen molar-refractivity contribution in [1.82, 2.24) is 0 Å². The Hall–Kier alpha value is -17.0. The maximum absolute atomic E-state index is 2.47. The summed E-state index contributed by atoms with van der Waals surface area (Å²) < 4.78 is 0. The number of anilines is 9. The van der Waals surface area contributed by atoms with E-state index < -0.39 is 0 Å². The van der Waals surface area contributed by atoms with Gasteiger partial charge in [-0.15, -0.1) is 0 Å². The zero-order valence-corrected chi connectivity index (χ0v) is 86.3. The van der Waals surface area contributed by atoms with E-state index in [0.29, 0.717) is 0 Å². The molecule has 706 valence electrons. The minimum atomic E-state index is -0.215. The van der Waals surface area contributed by atoms with Crippen LogP contribution in [0.1, 0.15) is 125 Å². The predicted molar refractivity (Wildman–Crippen MR) is 632 cm³/mol. The summed E-state index contributed by atoms with van der Waals surface area (Å²) in [6.07, 6.45) is 0. The van der Waals surface area contributed by atoms with E-state index in [2.05, 4.69) is 543 Å². The van der Waals surface area contributed by atoms with Gasteiger partial charge in [0.25, 0.3) is 0 Å².